The maximum Gasteiger partial charge on any atom is 0.255 e. The van der Waals surface area contributed by atoms with Gasteiger partial charge in [-0.1, -0.05) is 44.2 Å². The van der Waals surface area contributed by atoms with E-state index in [9.17, 15) is 9.59 Å². The van der Waals surface area contributed by atoms with Crippen molar-refractivity contribution in [2.24, 2.45) is 5.92 Å². The summed E-state index contributed by atoms with van der Waals surface area (Å²) in [5.74, 6) is -0.296. The Hall–Kier alpha value is -2.01. The van der Waals surface area contributed by atoms with Gasteiger partial charge >= 0.3 is 0 Å². The molecule has 2 N–H and O–H groups in total. The highest BCUT2D eigenvalue weighted by Crippen LogP contribution is 2.17. The highest BCUT2D eigenvalue weighted by molar-refractivity contribution is 6.29. The van der Waals surface area contributed by atoms with Crippen LogP contribution in [0.2, 0.25) is 0 Å². The molecule has 0 aromatic heterocycles. The zero-order valence-electron chi connectivity index (χ0n) is 13.0. The molecule has 0 radical (unpaired) electrons. The summed E-state index contributed by atoms with van der Waals surface area (Å²) < 4.78 is 5.16. The Labute approximate surface area is 135 Å². The SMILES string of the molecule is C=C(Cl)CNC(=O)C(NC(=O)c1ccccc1OC)C(C)C. The van der Waals surface area contributed by atoms with Crippen LogP contribution >= 0.6 is 11.6 Å². The first-order valence-electron chi connectivity index (χ1n) is 6.91. The average Bonchev–Trinajstić information content (AvgIpc) is 2.49. The van der Waals surface area contributed by atoms with Crippen LogP contribution < -0.4 is 15.4 Å². The summed E-state index contributed by atoms with van der Waals surface area (Å²) in [5.41, 5.74) is 0.380. The number of amides is 2. The number of methoxy groups -OCH3 is 1. The van der Waals surface area contributed by atoms with Crippen LogP contribution in [-0.2, 0) is 4.79 Å². The van der Waals surface area contributed by atoms with Crippen molar-refractivity contribution in [3.63, 3.8) is 0 Å². The van der Waals surface area contributed by atoms with E-state index in [1.807, 2.05) is 13.8 Å². The number of hydrogen-bond acceptors (Lipinski definition) is 3. The third-order valence-corrected chi connectivity index (χ3v) is 3.18. The van der Waals surface area contributed by atoms with Crippen LogP contribution in [0.15, 0.2) is 35.9 Å². The third kappa shape index (κ3) is 5.07. The number of halogens is 1. The Kier molecular flexibility index (Phi) is 6.92. The molecule has 5 nitrogen and oxygen atoms in total. The number of carbonyl (C=O) groups is 2. The Balaban J connectivity index is 2.84. The van der Waals surface area contributed by atoms with Gasteiger partial charge in [0.15, 0.2) is 0 Å². The molecule has 1 unspecified atom stereocenters. The Morgan fingerprint density at radius 2 is 1.95 bits per heavy atom. The van der Waals surface area contributed by atoms with E-state index in [2.05, 4.69) is 17.2 Å². The second-order valence-corrected chi connectivity index (χ2v) is 5.67. The summed E-state index contributed by atoms with van der Waals surface area (Å²) in [4.78, 5) is 24.5. The third-order valence-electron chi connectivity index (χ3n) is 3.04. The van der Waals surface area contributed by atoms with Crippen LogP contribution in [0.25, 0.3) is 0 Å². The van der Waals surface area contributed by atoms with Gasteiger partial charge in [-0.05, 0) is 18.1 Å². The quantitative estimate of drug-likeness (QED) is 0.809. The molecule has 1 rings (SSSR count). The van der Waals surface area contributed by atoms with Crippen LogP contribution in [0.1, 0.15) is 24.2 Å². The first-order valence-corrected chi connectivity index (χ1v) is 7.29. The van der Waals surface area contributed by atoms with E-state index in [4.69, 9.17) is 16.3 Å². The van der Waals surface area contributed by atoms with Crippen molar-refractivity contribution in [3.8, 4) is 5.75 Å². The van der Waals surface area contributed by atoms with Crippen LogP contribution in [0.5, 0.6) is 5.75 Å². The zero-order valence-corrected chi connectivity index (χ0v) is 13.7. The maximum absolute atomic E-state index is 12.4. The van der Waals surface area contributed by atoms with Crippen molar-refractivity contribution < 1.29 is 14.3 Å². The number of benzene rings is 1. The molecule has 0 saturated heterocycles. The lowest BCUT2D eigenvalue weighted by atomic mass is 10.0. The first kappa shape index (κ1) is 18.0. The number of ether oxygens (including phenoxy) is 1. The van der Waals surface area contributed by atoms with Gasteiger partial charge in [-0.25, -0.2) is 0 Å². The van der Waals surface area contributed by atoms with Gasteiger partial charge < -0.3 is 15.4 Å². The Bertz CT molecular complexity index is 558. The summed E-state index contributed by atoms with van der Waals surface area (Å²) >= 11 is 5.63. The van der Waals surface area contributed by atoms with Crippen molar-refractivity contribution in [2.45, 2.75) is 19.9 Å². The van der Waals surface area contributed by atoms with Gasteiger partial charge in [0.2, 0.25) is 5.91 Å². The van der Waals surface area contributed by atoms with E-state index in [1.54, 1.807) is 24.3 Å². The minimum atomic E-state index is -0.673. The molecule has 0 bridgehead atoms. The van der Waals surface area contributed by atoms with Crippen molar-refractivity contribution >= 4 is 23.4 Å². The molecular formula is C16H21ClN2O3. The van der Waals surface area contributed by atoms with Gasteiger partial charge in [-0.2, -0.15) is 0 Å². The van der Waals surface area contributed by atoms with E-state index in [0.29, 0.717) is 16.3 Å². The van der Waals surface area contributed by atoms with E-state index >= 15 is 0 Å². The first-order chi connectivity index (χ1) is 10.4. The monoisotopic (exact) mass is 324 g/mol. The molecule has 0 saturated carbocycles. The molecule has 6 heteroatoms. The van der Waals surface area contributed by atoms with Gasteiger partial charge in [0.1, 0.15) is 11.8 Å². The molecule has 0 aliphatic heterocycles. The topological polar surface area (TPSA) is 67.4 Å². The second-order valence-electron chi connectivity index (χ2n) is 5.13. The van der Waals surface area contributed by atoms with E-state index in [-0.39, 0.29) is 24.3 Å². The molecular weight excluding hydrogens is 304 g/mol. The smallest absolute Gasteiger partial charge is 0.255 e. The van der Waals surface area contributed by atoms with Crippen molar-refractivity contribution in [1.29, 1.82) is 0 Å². The van der Waals surface area contributed by atoms with Gasteiger partial charge in [0.25, 0.3) is 5.91 Å². The summed E-state index contributed by atoms with van der Waals surface area (Å²) in [7, 11) is 1.49. The molecule has 120 valence electrons. The van der Waals surface area contributed by atoms with Crippen LogP contribution in [0.4, 0.5) is 0 Å². The number of para-hydroxylation sites is 1. The number of hydrogen-bond donors (Lipinski definition) is 2. The van der Waals surface area contributed by atoms with E-state index < -0.39 is 6.04 Å². The fraction of sp³-hybridized carbons (Fsp3) is 0.375. The largest absolute Gasteiger partial charge is 0.496 e. The molecule has 1 aromatic carbocycles. The summed E-state index contributed by atoms with van der Waals surface area (Å²) in [6.45, 7) is 7.37. The normalized spacial score (nSPS) is 11.7. The fourth-order valence-electron chi connectivity index (χ4n) is 1.88. The van der Waals surface area contributed by atoms with Crippen LogP contribution in [-0.4, -0.2) is 31.5 Å². The van der Waals surface area contributed by atoms with Crippen LogP contribution in [0, 0.1) is 5.92 Å². The van der Waals surface area contributed by atoms with Crippen molar-refractivity contribution in [3.05, 3.63) is 41.4 Å². The minimum Gasteiger partial charge on any atom is -0.496 e. The number of nitrogens with one attached hydrogen (secondary N) is 2. The standard InChI is InChI=1S/C16H21ClN2O3/c1-10(2)14(16(21)18-9-11(3)17)19-15(20)12-7-5-6-8-13(12)22-4/h5-8,10,14H,3,9H2,1-2,4H3,(H,18,21)(H,19,20). The molecule has 22 heavy (non-hydrogen) atoms. The molecule has 1 atom stereocenters. The fourth-order valence-corrected chi connectivity index (χ4v) is 1.95. The molecule has 1 aromatic rings. The lowest BCUT2D eigenvalue weighted by Gasteiger charge is -2.22. The summed E-state index contributed by atoms with van der Waals surface area (Å²) in [6.07, 6.45) is 0. The van der Waals surface area contributed by atoms with Gasteiger partial charge in [-0.3, -0.25) is 9.59 Å². The molecule has 0 heterocycles. The van der Waals surface area contributed by atoms with Crippen molar-refractivity contribution in [1.82, 2.24) is 10.6 Å². The zero-order chi connectivity index (χ0) is 16.7. The van der Waals surface area contributed by atoms with Gasteiger partial charge in [-0.15, -0.1) is 0 Å². The van der Waals surface area contributed by atoms with Gasteiger partial charge in [0.05, 0.1) is 19.2 Å². The second kappa shape index (κ2) is 8.44. The highest BCUT2D eigenvalue weighted by atomic mass is 35.5. The summed E-state index contributed by atoms with van der Waals surface area (Å²) in [5, 5.41) is 5.69. The van der Waals surface area contributed by atoms with Crippen LogP contribution in [0.3, 0.4) is 0 Å². The number of carbonyl (C=O) groups excluding carboxylic acids is 2. The molecule has 0 aliphatic rings. The van der Waals surface area contributed by atoms with E-state index in [1.165, 1.54) is 7.11 Å². The van der Waals surface area contributed by atoms with E-state index in [0.717, 1.165) is 0 Å². The summed E-state index contributed by atoms with van der Waals surface area (Å²) in [6, 6.07) is 6.17. The van der Waals surface area contributed by atoms with Crippen molar-refractivity contribution in [2.75, 3.05) is 13.7 Å². The van der Waals surface area contributed by atoms with Gasteiger partial charge in [0, 0.05) is 5.03 Å². The minimum absolute atomic E-state index is 0.0813. The molecule has 0 fully saturated rings. The lowest BCUT2D eigenvalue weighted by molar-refractivity contribution is -0.123. The Morgan fingerprint density at radius 3 is 2.50 bits per heavy atom. The molecule has 0 spiro atoms. The maximum atomic E-state index is 12.4. The predicted octanol–water partition coefficient (Wildman–Crippen LogP) is 2.32. The highest BCUT2D eigenvalue weighted by Gasteiger charge is 2.25. The molecule has 2 amide bonds. The Morgan fingerprint density at radius 1 is 1.32 bits per heavy atom. The predicted molar refractivity (Wildman–Crippen MR) is 87.1 cm³/mol. The molecule has 0 aliphatic carbocycles. The number of rotatable bonds is 7. The lowest BCUT2D eigenvalue weighted by Crippen LogP contribution is -2.50. The average molecular weight is 325 g/mol.